The Balaban J connectivity index is 2.44. The Labute approximate surface area is 89.0 Å². The minimum Gasteiger partial charge on any atom is -0.390 e. The zero-order valence-electron chi connectivity index (χ0n) is 8.94. The summed E-state index contributed by atoms with van der Waals surface area (Å²) in [5, 5.41) is 8.94. The maximum absolute atomic E-state index is 8.94. The quantitative estimate of drug-likeness (QED) is 0.808. The highest BCUT2D eigenvalue weighted by molar-refractivity contribution is 5.42. The Morgan fingerprint density at radius 1 is 1.33 bits per heavy atom. The van der Waals surface area contributed by atoms with E-state index in [-0.39, 0.29) is 6.61 Å². The SMILES string of the molecule is Cc1ccc(-n2cnc(CO)c2)c(C)c1. The summed E-state index contributed by atoms with van der Waals surface area (Å²) < 4.78 is 1.93. The van der Waals surface area contributed by atoms with Gasteiger partial charge >= 0.3 is 0 Å². The van der Waals surface area contributed by atoms with E-state index in [1.54, 1.807) is 6.33 Å². The number of aliphatic hydroxyl groups excluding tert-OH is 1. The zero-order valence-corrected chi connectivity index (χ0v) is 8.94. The molecule has 0 fully saturated rings. The van der Waals surface area contributed by atoms with Crippen LogP contribution in [0.4, 0.5) is 0 Å². The van der Waals surface area contributed by atoms with Crippen molar-refractivity contribution in [2.45, 2.75) is 20.5 Å². The third-order valence-corrected chi connectivity index (χ3v) is 2.43. The summed E-state index contributed by atoms with van der Waals surface area (Å²) in [5.41, 5.74) is 4.25. The molecule has 1 heterocycles. The van der Waals surface area contributed by atoms with E-state index in [2.05, 4.69) is 37.0 Å². The summed E-state index contributed by atoms with van der Waals surface area (Å²) in [7, 11) is 0. The Morgan fingerprint density at radius 2 is 2.13 bits per heavy atom. The monoisotopic (exact) mass is 202 g/mol. The van der Waals surface area contributed by atoms with Gasteiger partial charge in [0.05, 0.1) is 18.6 Å². The molecule has 2 aromatic rings. The van der Waals surface area contributed by atoms with Gasteiger partial charge in [-0.3, -0.25) is 0 Å². The predicted molar refractivity (Wildman–Crippen MR) is 59.0 cm³/mol. The van der Waals surface area contributed by atoms with Crippen molar-refractivity contribution in [2.75, 3.05) is 0 Å². The van der Waals surface area contributed by atoms with Crippen molar-refractivity contribution >= 4 is 0 Å². The number of aromatic nitrogens is 2. The smallest absolute Gasteiger partial charge is 0.0996 e. The molecule has 0 radical (unpaired) electrons. The third-order valence-electron chi connectivity index (χ3n) is 2.43. The van der Waals surface area contributed by atoms with Gasteiger partial charge in [0.2, 0.25) is 0 Å². The Morgan fingerprint density at radius 3 is 2.73 bits per heavy atom. The molecule has 1 aromatic heterocycles. The fourth-order valence-electron chi connectivity index (χ4n) is 1.67. The maximum atomic E-state index is 8.94. The van der Waals surface area contributed by atoms with Gasteiger partial charge < -0.3 is 9.67 Å². The summed E-state index contributed by atoms with van der Waals surface area (Å²) in [4.78, 5) is 4.09. The zero-order chi connectivity index (χ0) is 10.8. The maximum Gasteiger partial charge on any atom is 0.0996 e. The van der Waals surface area contributed by atoms with E-state index in [9.17, 15) is 0 Å². The lowest BCUT2D eigenvalue weighted by Crippen LogP contribution is -1.94. The third kappa shape index (κ3) is 1.92. The van der Waals surface area contributed by atoms with Gasteiger partial charge in [-0.1, -0.05) is 17.7 Å². The van der Waals surface area contributed by atoms with Gasteiger partial charge in [-0.2, -0.15) is 0 Å². The van der Waals surface area contributed by atoms with Gasteiger partial charge in [0.15, 0.2) is 0 Å². The molecule has 0 atom stereocenters. The molecule has 0 aliphatic rings. The lowest BCUT2D eigenvalue weighted by atomic mass is 10.1. The summed E-state index contributed by atoms with van der Waals surface area (Å²) in [6.45, 7) is 4.13. The fraction of sp³-hybridized carbons (Fsp3) is 0.250. The molecular weight excluding hydrogens is 188 g/mol. The Bertz CT molecular complexity index is 474. The van der Waals surface area contributed by atoms with Crippen LogP contribution in [0.2, 0.25) is 0 Å². The number of rotatable bonds is 2. The average Bonchev–Trinajstić information content (AvgIpc) is 2.66. The van der Waals surface area contributed by atoms with Crippen LogP contribution in [-0.2, 0) is 6.61 Å². The molecular formula is C12H14N2O. The second-order valence-electron chi connectivity index (χ2n) is 3.72. The molecule has 1 aromatic carbocycles. The van der Waals surface area contributed by atoms with Crippen molar-refractivity contribution in [1.82, 2.24) is 9.55 Å². The van der Waals surface area contributed by atoms with Crippen molar-refractivity contribution in [1.29, 1.82) is 0 Å². The van der Waals surface area contributed by atoms with Crippen LogP contribution in [0.5, 0.6) is 0 Å². The molecule has 2 rings (SSSR count). The summed E-state index contributed by atoms with van der Waals surface area (Å²) >= 11 is 0. The standard InChI is InChI=1S/C12H14N2O/c1-9-3-4-12(10(2)5-9)14-6-11(7-15)13-8-14/h3-6,8,15H,7H2,1-2H3. The lowest BCUT2D eigenvalue weighted by Gasteiger charge is -2.06. The molecule has 0 saturated carbocycles. The number of aliphatic hydroxyl groups is 1. The highest BCUT2D eigenvalue weighted by Crippen LogP contribution is 2.15. The normalized spacial score (nSPS) is 10.6. The van der Waals surface area contributed by atoms with Crippen LogP contribution >= 0.6 is 0 Å². The van der Waals surface area contributed by atoms with Crippen molar-refractivity contribution in [2.24, 2.45) is 0 Å². The van der Waals surface area contributed by atoms with Gasteiger partial charge in [0.1, 0.15) is 0 Å². The molecule has 0 saturated heterocycles. The first-order chi connectivity index (χ1) is 7.20. The number of nitrogens with zero attached hydrogens (tertiary/aromatic N) is 2. The van der Waals surface area contributed by atoms with Crippen LogP contribution < -0.4 is 0 Å². The highest BCUT2D eigenvalue weighted by atomic mass is 16.3. The van der Waals surface area contributed by atoms with E-state index < -0.39 is 0 Å². The molecule has 3 nitrogen and oxygen atoms in total. The van der Waals surface area contributed by atoms with Crippen LogP contribution in [-0.4, -0.2) is 14.7 Å². The van der Waals surface area contributed by atoms with Gasteiger partial charge in [0.25, 0.3) is 0 Å². The summed E-state index contributed by atoms with van der Waals surface area (Å²) in [6.07, 6.45) is 3.57. The summed E-state index contributed by atoms with van der Waals surface area (Å²) in [6, 6.07) is 6.27. The van der Waals surface area contributed by atoms with Crippen LogP contribution in [0.25, 0.3) is 5.69 Å². The first-order valence-corrected chi connectivity index (χ1v) is 4.92. The molecule has 15 heavy (non-hydrogen) atoms. The minimum atomic E-state index is -0.0160. The second-order valence-corrected chi connectivity index (χ2v) is 3.72. The second kappa shape index (κ2) is 3.87. The number of benzene rings is 1. The van der Waals surface area contributed by atoms with Crippen LogP contribution in [0.15, 0.2) is 30.7 Å². The van der Waals surface area contributed by atoms with Gasteiger partial charge in [-0.05, 0) is 25.5 Å². The first-order valence-electron chi connectivity index (χ1n) is 4.92. The molecule has 3 heteroatoms. The average molecular weight is 202 g/mol. The number of imidazole rings is 1. The molecule has 1 N–H and O–H groups in total. The van der Waals surface area contributed by atoms with Gasteiger partial charge in [-0.15, -0.1) is 0 Å². The van der Waals surface area contributed by atoms with Crippen molar-refractivity contribution in [3.8, 4) is 5.69 Å². The van der Waals surface area contributed by atoms with Crippen LogP contribution in [0.1, 0.15) is 16.8 Å². The number of hydrogen-bond acceptors (Lipinski definition) is 2. The van der Waals surface area contributed by atoms with Crippen molar-refractivity contribution in [3.63, 3.8) is 0 Å². The molecule has 0 unspecified atom stereocenters. The van der Waals surface area contributed by atoms with E-state index in [0.29, 0.717) is 5.69 Å². The van der Waals surface area contributed by atoms with Crippen LogP contribution in [0, 0.1) is 13.8 Å². The molecule has 0 amide bonds. The van der Waals surface area contributed by atoms with Crippen molar-refractivity contribution < 1.29 is 5.11 Å². The van der Waals surface area contributed by atoms with Crippen molar-refractivity contribution in [3.05, 3.63) is 47.5 Å². The van der Waals surface area contributed by atoms with E-state index in [1.807, 2.05) is 10.8 Å². The first kappa shape index (κ1) is 9.93. The topological polar surface area (TPSA) is 38.0 Å². The lowest BCUT2D eigenvalue weighted by molar-refractivity contribution is 0.277. The molecule has 78 valence electrons. The Hall–Kier alpha value is -1.61. The van der Waals surface area contributed by atoms with E-state index >= 15 is 0 Å². The van der Waals surface area contributed by atoms with E-state index in [0.717, 1.165) is 5.69 Å². The molecule has 0 bridgehead atoms. The largest absolute Gasteiger partial charge is 0.390 e. The molecule has 0 aliphatic heterocycles. The van der Waals surface area contributed by atoms with Crippen LogP contribution in [0.3, 0.4) is 0 Å². The van der Waals surface area contributed by atoms with E-state index in [1.165, 1.54) is 11.1 Å². The summed E-state index contributed by atoms with van der Waals surface area (Å²) in [5.74, 6) is 0. The fourth-order valence-corrected chi connectivity index (χ4v) is 1.67. The number of hydrogen-bond donors (Lipinski definition) is 1. The molecule has 0 aliphatic carbocycles. The van der Waals surface area contributed by atoms with Gasteiger partial charge in [0, 0.05) is 11.9 Å². The van der Waals surface area contributed by atoms with E-state index in [4.69, 9.17) is 5.11 Å². The highest BCUT2D eigenvalue weighted by Gasteiger charge is 2.02. The molecule has 0 spiro atoms. The minimum absolute atomic E-state index is 0.0160. The van der Waals surface area contributed by atoms with Gasteiger partial charge in [-0.25, -0.2) is 4.98 Å². The number of aryl methyl sites for hydroxylation is 2. The predicted octanol–water partition coefficient (Wildman–Crippen LogP) is 1.98. The Kier molecular flexibility index (Phi) is 2.56.